The predicted octanol–water partition coefficient (Wildman–Crippen LogP) is 3.13. The van der Waals surface area contributed by atoms with Crippen molar-refractivity contribution < 1.29 is 9.47 Å². The van der Waals surface area contributed by atoms with Gasteiger partial charge in [0.05, 0.1) is 13.2 Å². The Bertz CT molecular complexity index is 808. The molecule has 0 aromatic heterocycles. The third-order valence-electron chi connectivity index (χ3n) is 5.33. The number of benzene rings is 2. The zero-order valence-corrected chi connectivity index (χ0v) is 15.6. The second-order valence-corrected chi connectivity index (χ2v) is 7.19. The topological polar surface area (TPSA) is 24.9 Å². The number of rotatable bonds is 6. The molecule has 0 N–H and O–H groups in total. The molecule has 0 bridgehead atoms. The molecule has 2 heterocycles. The van der Waals surface area contributed by atoms with Crippen LogP contribution in [0.2, 0.25) is 0 Å². The van der Waals surface area contributed by atoms with Gasteiger partial charge >= 0.3 is 0 Å². The zero-order chi connectivity index (χ0) is 18.5. The number of terminal acetylenes is 1. The van der Waals surface area contributed by atoms with Crippen LogP contribution >= 0.6 is 0 Å². The Morgan fingerprint density at radius 3 is 2.81 bits per heavy atom. The van der Waals surface area contributed by atoms with E-state index < -0.39 is 0 Å². The lowest BCUT2D eigenvalue weighted by Crippen LogP contribution is -2.39. The normalized spacial score (nSPS) is 19.5. The van der Waals surface area contributed by atoms with Crippen molar-refractivity contribution in [3.05, 3.63) is 59.7 Å². The molecular weight excluding hydrogens is 336 g/mol. The largest absolute Gasteiger partial charge is 0.481 e. The molecule has 0 saturated carbocycles. The smallest absolute Gasteiger partial charge is 0.148 e. The van der Waals surface area contributed by atoms with Crippen molar-refractivity contribution in [2.24, 2.45) is 0 Å². The fourth-order valence-corrected chi connectivity index (χ4v) is 4.06. The van der Waals surface area contributed by atoms with E-state index in [-0.39, 0.29) is 0 Å². The highest BCUT2D eigenvalue weighted by Gasteiger charge is 2.30. The van der Waals surface area contributed by atoms with E-state index in [1.165, 1.54) is 16.8 Å². The van der Waals surface area contributed by atoms with Crippen molar-refractivity contribution in [3.8, 4) is 18.1 Å². The minimum atomic E-state index is 0.303. The number of fused-ring (bicyclic) bond motifs is 1. The third-order valence-corrected chi connectivity index (χ3v) is 5.33. The highest BCUT2D eigenvalue weighted by molar-refractivity contribution is 5.60. The van der Waals surface area contributed by atoms with Crippen LogP contribution in [-0.4, -0.2) is 50.9 Å². The number of anilines is 1. The first-order valence-electron chi connectivity index (χ1n) is 9.62. The Kier molecular flexibility index (Phi) is 5.62. The predicted molar refractivity (Wildman–Crippen MR) is 108 cm³/mol. The van der Waals surface area contributed by atoms with Gasteiger partial charge in [-0.2, -0.15) is 0 Å². The maximum atomic E-state index is 5.58. The van der Waals surface area contributed by atoms with Gasteiger partial charge in [-0.25, -0.2) is 0 Å². The van der Waals surface area contributed by atoms with Gasteiger partial charge in [-0.1, -0.05) is 36.3 Å². The minimum Gasteiger partial charge on any atom is -0.481 e. The Balaban J connectivity index is 1.48. The molecule has 1 saturated heterocycles. The molecular formula is C23H26N2O2. The molecule has 2 aliphatic rings. The molecule has 1 atom stereocenters. The monoisotopic (exact) mass is 362 g/mol. The third kappa shape index (κ3) is 4.27. The van der Waals surface area contributed by atoms with E-state index in [9.17, 15) is 0 Å². The van der Waals surface area contributed by atoms with E-state index in [0.717, 1.165) is 51.7 Å². The van der Waals surface area contributed by atoms with Crippen molar-refractivity contribution >= 4 is 5.69 Å². The van der Waals surface area contributed by atoms with Gasteiger partial charge in [-0.15, -0.1) is 6.42 Å². The standard InChI is InChI=1S/C23H26N2O2/c1-2-12-27-21-7-5-6-19(15-21)16-25-18-20(17-24-10-13-26-14-11-24)22-8-3-4-9-23(22)25/h1,3-9,15,20H,10-14,16-18H2/t20-/m0/s1. The molecule has 2 aromatic carbocycles. The lowest BCUT2D eigenvalue weighted by Gasteiger charge is -2.29. The second kappa shape index (κ2) is 8.47. The first-order chi connectivity index (χ1) is 13.3. The van der Waals surface area contributed by atoms with Crippen LogP contribution in [0.5, 0.6) is 5.75 Å². The molecule has 140 valence electrons. The van der Waals surface area contributed by atoms with Crippen LogP contribution < -0.4 is 9.64 Å². The molecule has 1 fully saturated rings. The van der Waals surface area contributed by atoms with Crippen LogP contribution in [0.1, 0.15) is 17.0 Å². The number of morpholine rings is 1. The number of hydrogen-bond acceptors (Lipinski definition) is 4. The molecule has 4 rings (SSSR count). The van der Waals surface area contributed by atoms with Crippen molar-refractivity contribution in [2.75, 3.05) is 50.9 Å². The average molecular weight is 362 g/mol. The second-order valence-electron chi connectivity index (χ2n) is 7.19. The summed E-state index contributed by atoms with van der Waals surface area (Å²) in [5, 5.41) is 0. The quantitative estimate of drug-likeness (QED) is 0.737. The molecule has 4 heteroatoms. The molecule has 27 heavy (non-hydrogen) atoms. The van der Waals surface area contributed by atoms with E-state index in [0.29, 0.717) is 12.5 Å². The number of nitrogens with zero attached hydrogens (tertiary/aromatic N) is 2. The Hall–Kier alpha value is -2.48. The molecule has 0 aliphatic carbocycles. The summed E-state index contributed by atoms with van der Waals surface area (Å²) in [6.45, 7) is 7.10. The maximum Gasteiger partial charge on any atom is 0.148 e. The maximum absolute atomic E-state index is 5.58. The van der Waals surface area contributed by atoms with Gasteiger partial charge in [-0.05, 0) is 29.3 Å². The lowest BCUT2D eigenvalue weighted by molar-refractivity contribution is 0.0356. The van der Waals surface area contributed by atoms with Gasteiger partial charge in [0, 0.05) is 44.3 Å². The molecule has 0 radical (unpaired) electrons. The van der Waals surface area contributed by atoms with Crippen molar-refractivity contribution in [3.63, 3.8) is 0 Å². The number of ether oxygens (including phenoxy) is 2. The highest BCUT2D eigenvalue weighted by Crippen LogP contribution is 2.37. The summed E-state index contributed by atoms with van der Waals surface area (Å²) in [4.78, 5) is 5.02. The van der Waals surface area contributed by atoms with Crippen LogP contribution in [0.25, 0.3) is 0 Å². The average Bonchev–Trinajstić information content (AvgIpc) is 3.05. The summed E-state index contributed by atoms with van der Waals surface area (Å²) in [5.41, 5.74) is 4.06. The summed E-state index contributed by atoms with van der Waals surface area (Å²) in [7, 11) is 0. The van der Waals surface area contributed by atoms with Crippen molar-refractivity contribution in [1.29, 1.82) is 0 Å². The van der Waals surface area contributed by atoms with Crippen LogP contribution in [0.4, 0.5) is 5.69 Å². The number of para-hydroxylation sites is 1. The molecule has 0 amide bonds. The van der Waals surface area contributed by atoms with E-state index in [2.05, 4.69) is 52.1 Å². The van der Waals surface area contributed by atoms with Crippen LogP contribution in [-0.2, 0) is 11.3 Å². The molecule has 2 aliphatic heterocycles. The van der Waals surface area contributed by atoms with Crippen molar-refractivity contribution in [2.45, 2.75) is 12.5 Å². The Labute approximate surface area is 161 Å². The Morgan fingerprint density at radius 2 is 1.96 bits per heavy atom. The molecule has 0 spiro atoms. The van der Waals surface area contributed by atoms with Crippen LogP contribution in [0.3, 0.4) is 0 Å². The van der Waals surface area contributed by atoms with Crippen LogP contribution in [0.15, 0.2) is 48.5 Å². The zero-order valence-electron chi connectivity index (χ0n) is 15.6. The van der Waals surface area contributed by atoms with Gasteiger partial charge < -0.3 is 14.4 Å². The summed E-state index contributed by atoms with van der Waals surface area (Å²) in [5.74, 6) is 3.90. The SMILES string of the molecule is C#CCOc1cccc(CN2C[C@H](CN3CCOCC3)c3ccccc32)c1. The summed E-state index contributed by atoms with van der Waals surface area (Å²) in [6.07, 6.45) is 5.30. The van der Waals surface area contributed by atoms with Crippen molar-refractivity contribution in [1.82, 2.24) is 4.90 Å². The first-order valence-corrected chi connectivity index (χ1v) is 9.62. The summed E-state index contributed by atoms with van der Waals surface area (Å²) >= 11 is 0. The lowest BCUT2D eigenvalue weighted by atomic mass is 10.0. The fourth-order valence-electron chi connectivity index (χ4n) is 4.06. The Morgan fingerprint density at radius 1 is 1.11 bits per heavy atom. The van der Waals surface area contributed by atoms with E-state index in [1.54, 1.807) is 0 Å². The molecule has 4 nitrogen and oxygen atoms in total. The molecule has 2 aromatic rings. The van der Waals surface area contributed by atoms with Gasteiger partial charge in [0.2, 0.25) is 0 Å². The van der Waals surface area contributed by atoms with Gasteiger partial charge in [-0.3, -0.25) is 4.90 Å². The summed E-state index contributed by atoms with van der Waals surface area (Å²) < 4.78 is 11.1. The fraction of sp³-hybridized carbons (Fsp3) is 0.391. The van der Waals surface area contributed by atoms with Crippen LogP contribution in [0, 0.1) is 12.3 Å². The van der Waals surface area contributed by atoms with Gasteiger partial charge in [0.15, 0.2) is 0 Å². The van der Waals surface area contributed by atoms with E-state index >= 15 is 0 Å². The van der Waals surface area contributed by atoms with Gasteiger partial charge in [0.1, 0.15) is 12.4 Å². The number of hydrogen-bond donors (Lipinski definition) is 0. The minimum absolute atomic E-state index is 0.303. The molecule has 0 unspecified atom stereocenters. The summed E-state index contributed by atoms with van der Waals surface area (Å²) in [6, 6.07) is 17.1. The van der Waals surface area contributed by atoms with E-state index in [4.69, 9.17) is 15.9 Å². The van der Waals surface area contributed by atoms with Gasteiger partial charge in [0.25, 0.3) is 0 Å². The van der Waals surface area contributed by atoms with E-state index in [1.807, 2.05) is 12.1 Å². The first kappa shape index (κ1) is 17.9. The highest BCUT2D eigenvalue weighted by atomic mass is 16.5.